The predicted molar refractivity (Wildman–Crippen MR) is 62.6 cm³/mol. The lowest BCUT2D eigenvalue weighted by molar-refractivity contribution is 0.383. The summed E-state index contributed by atoms with van der Waals surface area (Å²) < 4.78 is 19.0. The maximum Gasteiger partial charge on any atom is 0.168 e. The first-order valence-corrected chi connectivity index (χ1v) is 5.70. The molecule has 2 N–H and O–H groups in total. The van der Waals surface area contributed by atoms with Gasteiger partial charge in [0.05, 0.1) is 11.6 Å². The van der Waals surface area contributed by atoms with E-state index in [9.17, 15) is 4.39 Å². The minimum absolute atomic E-state index is 0.262. The average Bonchev–Trinajstić information content (AvgIpc) is 2.18. The van der Waals surface area contributed by atoms with E-state index in [2.05, 4.69) is 15.9 Å². The van der Waals surface area contributed by atoms with Crippen molar-refractivity contribution in [2.24, 2.45) is 5.73 Å². The smallest absolute Gasteiger partial charge is 0.168 e. The minimum atomic E-state index is -0.324. The van der Waals surface area contributed by atoms with E-state index in [-0.39, 0.29) is 11.6 Å². The van der Waals surface area contributed by atoms with Crippen molar-refractivity contribution in [3.63, 3.8) is 0 Å². The molecule has 0 aromatic heterocycles. The molecule has 84 valence electrons. The van der Waals surface area contributed by atoms with Crippen LogP contribution in [0.25, 0.3) is 0 Å². The Kier molecular flexibility index (Phi) is 5.05. The number of hydrogen-bond acceptors (Lipinski definition) is 2. The third kappa shape index (κ3) is 3.47. The van der Waals surface area contributed by atoms with Crippen LogP contribution in [0.3, 0.4) is 0 Å². The predicted octanol–water partition coefficient (Wildman–Crippen LogP) is 2.88. The molecular formula is C11H15BrFNO. The quantitative estimate of drug-likeness (QED) is 0.839. The highest BCUT2D eigenvalue weighted by Crippen LogP contribution is 2.29. The summed E-state index contributed by atoms with van der Waals surface area (Å²) in [6.45, 7) is 0.680. The molecule has 0 amide bonds. The van der Waals surface area contributed by atoms with Crippen molar-refractivity contribution in [2.45, 2.75) is 19.3 Å². The number of aryl methyl sites for hydroxylation is 1. The lowest BCUT2D eigenvalue weighted by Gasteiger charge is -2.07. The highest BCUT2D eigenvalue weighted by atomic mass is 79.9. The molecular weight excluding hydrogens is 261 g/mol. The van der Waals surface area contributed by atoms with Crippen LogP contribution in [0, 0.1) is 5.82 Å². The van der Waals surface area contributed by atoms with Gasteiger partial charge in [-0.3, -0.25) is 0 Å². The Morgan fingerprint density at radius 3 is 2.67 bits per heavy atom. The number of ether oxygens (including phenoxy) is 1. The van der Waals surface area contributed by atoms with E-state index in [1.807, 2.05) is 6.07 Å². The fourth-order valence-corrected chi connectivity index (χ4v) is 2.07. The van der Waals surface area contributed by atoms with E-state index in [0.717, 1.165) is 24.8 Å². The summed E-state index contributed by atoms with van der Waals surface area (Å²) in [4.78, 5) is 0. The van der Waals surface area contributed by atoms with E-state index in [0.29, 0.717) is 11.0 Å². The van der Waals surface area contributed by atoms with Gasteiger partial charge in [-0.05, 0) is 59.4 Å². The van der Waals surface area contributed by atoms with Crippen LogP contribution >= 0.6 is 15.9 Å². The van der Waals surface area contributed by atoms with Gasteiger partial charge in [0, 0.05) is 0 Å². The van der Waals surface area contributed by atoms with Crippen molar-refractivity contribution in [1.82, 2.24) is 0 Å². The van der Waals surface area contributed by atoms with Gasteiger partial charge in [0.1, 0.15) is 0 Å². The van der Waals surface area contributed by atoms with Crippen LogP contribution in [-0.4, -0.2) is 13.7 Å². The average molecular weight is 276 g/mol. The highest BCUT2D eigenvalue weighted by molar-refractivity contribution is 9.10. The van der Waals surface area contributed by atoms with E-state index in [4.69, 9.17) is 10.5 Å². The molecule has 0 unspecified atom stereocenters. The Balaban J connectivity index is 2.75. The lowest BCUT2D eigenvalue weighted by atomic mass is 10.1. The van der Waals surface area contributed by atoms with Crippen molar-refractivity contribution < 1.29 is 9.13 Å². The highest BCUT2D eigenvalue weighted by Gasteiger charge is 2.09. The van der Waals surface area contributed by atoms with Crippen LogP contribution in [-0.2, 0) is 6.42 Å². The summed E-state index contributed by atoms with van der Waals surface area (Å²) in [6.07, 6.45) is 2.79. The molecule has 2 nitrogen and oxygen atoms in total. The molecule has 0 heterocycles. The van der Waals surface area contributed by atoms with Crippen LogP contribution in [0.15, 0.2) is 16.6 Å². The van der Waals surface area contributed by atoms with Crippen LogP contribution in [0.5, 0.6) is 5.75 Å². The topological polar surface area (TPSA) is 35.2 Å². The van der Waals surface area contributed by atoms with Gasteiger partial charge in [-0.25, -0.2) is 4.39 Å². The molecule has 0 saturated heterocycles. The molecule has 0 radical (unpaired) electrons. The fourth-order valence-electron chi connectivity index (χ4n) is 1.43. The maximum absolute atomic E-state index is 13.4. The Morgan fingerprint density at radius 1 is 1.40 bits per heavy atom. The second-order valence-electron chi connectivity index (χ2n) is 3.34. The number of unbranched alkanes of at least 4 members (excludes halogenated alkanes) is 1. The first-order chi connectivity index (χ1) is 7.19. The molecule has 0 bridgehead atoms. The van der Waals surface area contributed by atoms with Crippen LogP contribution in [0.4, 0.5) is 4.39 Å². The molecule has 1 aromatic carbocycles. The van der Waals surface area contributed by atoms with Gasteiger partial charge in [0.15, 0.2) is 11.6 Å². The van der Waals surface area contributed by atoms with E-state index in [1.54, 1.807) is 0 Å². The van der Waals surface area contributed by atoms with Crippen molar-refractivity contribution in [2.75, 3.05) is 13.7 Å². The number of rotatable bonds is 5. The van der Waals surface area contributed by atoms with Gasteiger partial charge in [-0.1, -0.05) is 0 Å². The fraction of sp³-hybridized carbons (Fsp3) is 0.455. The first kappa shape index (κ1) is 12.5. The third-order valence-electron chi connectivity index (χ3n) is 2.18. The first-order valence-electron chi connectivity index (χ1n) is 4.91. The Hall–Kier alpha value is -0.610. The number of nitrogens with two attached hydrogens (primary N) is 1. The second kappa shape index (κ2) is 6.08. The molecule has 0 spiro atoms. The summed E-state index contributed by atoms with van der Waals surface area (Å²) in [6, 6.07) is 3.40. The van der Waals surface area contributed by atoms with E-state index in [1.165, 1.54) is 13.2 Å². The Bertz CT molecular complexity index is 307. The molecule has 15 heavy (non-hydrogen) atoms. The molecule has 0 aliphatic heterocycles. The zero-order valence-electron chi connectivity index (χ0n) is 8.72. The van der Waals surface area contributed by atoms with E-state index < -0.39 is 0 Å². The largest absolute Gasteiger partial charge is 0.492 e. The maximum atomic E-state index is 13.4. The molecule has 0 fully saturated rings. The zero-order valence-corrected chi connectivity index (χ0v) is 10.3. The number of benzene rings is 1. The SMILES string of the molecule is COc1c(F)cc(CCCCN)cc1Br. The molecule has 1 rings (SSSR count). The standard InChI is InChI=1S/C11H15BrFNO/c1-15-11-9(12)6-8(7-10(11)13)4-2-3-5-14/h6-7H,2-5,14H2,1H3. The van der Waals surface area contributed by atoms with Crippen molar-refractivity contribution in [3.8, 4) is 5.75 Å². The normalized spacial score (nSPS) is 10.4. The van der Waals surface area contributed by atoms with Crippen LogP contribution in [0.2, 0.25) is 0 Å². The van der Waals surface area contributed by atoms with Crippen LogP contribution in [0.1, 0.15) is 18.4 Å². The zero-order chi connectivity index (χ0) is 11.3. The van der Waals surface area contributed by atoms with Gasteiger partial charge in [0.2, 0.25) is 0 Å². The second-order valence-corrected chi connectivity index (χ2v) is 4.19. The summed E-state index contributed by atoms with van der Waals surface area (Å²) in [5.41, 5.74) is 6.36. The van der Waals surface area contributed by atoms with Gasteiger partial charge >= 0.3 is 0 Å². The lowest BCUT2D eigenvalue weighted by Crippen LogP contribution is -1.99. The molecule has 0 aliphatic rings. The van der Waals surface area contributed by atoms with Crippen molar-refractivity contribution in [3.05, 3.63) is 28.0 Å². The van der Waals surface area contributed by atoms with Crippen molar-refractivity contribution in [1.29, 1.82) is 0 Å². The molecule has 0 saturated carbocycles. The monoisotopic (exact) mass is 275 g/mol. The van der Waals surface area contributed by atoms with Crippen molar-refractivity contribution >= 4 is 15.9 Å². The summed E-state index contributed by atoms with van der Waals surface area (Å²) in [7, 11) is 1.46. The van der Waals surface area contributed by atoms with E-state index >= 15 is 0 Å². The number of methoxy groups -OCH3 is 1. The number of hydrogen-bond donors (Lipinski definition) is 1. The molecule has 4 heteroatoms. The molecule has 0 atom stereocenters. The van der Waals surface area contributed by atoms with Gasteiger partial charge in [-0.15, -0.1) is 0 Å². The summed E-state index contributed by atoms with van der Waals surface area (Å²) >= 11 is 3.28. The molecule has 0 aliphatic carbocycles. The van der Waals surface area contributed by atoms with Gasteiger partial charge in [0.25, 0.3) is 0 Å². The van der Waals surface area contributed by atoms with Crippen LogP contribution < -0.4 is 10.5 Å². The summed E-state index contributed by atoms with van der Waals surface area (Å²) in [5.74, 6) is -0.0628. The molecule has 1 aromatic rings. The summed E-state index contributed by atoms with van der Waals surface area (Å²) in [5, 5.41) is 0. The Morgan fingerprint density at radius 2 is 2.13 bits per heavy atom. The number of halogens is 2. The van der Waals surface area contributed by atoms with Gasteiger partial charge < -0.3 is 10.5 Å². The minimum Gasteiger partial charge on any atom is -0.492 e. The van der Waals surface area contributed by atoms with Gasteiger partial charge in [-0.2, -0.15) is 0 Å². The Labute approximate surface area is 97.7 Å². The third-order valence-corrected chi connectivity index (χ3v) is 2.77.